The molecule has 6 nitrogen and oxygen atoms in total. The second-order valence-corrected chi connectivity index (χ2v) is 5.36. The van der Waals surface area contributed by atoms with E-state index in [0.717, 1.165) is 5.56 Å². The van der Waals surface area contributed by atoms with Gasteiger partial charge in [-0.05, 0) is 42.8 Å². The summed E-state index contributed by atoms with van der Waals surface area (Å²) in [5, 5.41) is 14.1. The summed E-state index contributed by atoms with van der Waals surface area (Å²) < 4.78 is 14.5. The fourth-order valence-electron chi connectivity index (χ4n) is 2.49. The SMILES string of the molecule is Cc1ccc(O)cc1-n1nc(-c2ccc(F)cc2)c(C(N)=O)c1N. The van der Waals surface area contributed by atoms with E-state index in [1.54, 1.807) is 6.07 Å². The minimum atomic E-state index is -0.740. The number of primary amides is 1. The lowest BCUT2D eigenvalue weighted by molar-refractivity contribution is 0.100. The summed E-state index contributed by atoms with van der Waals surface area (Å²) in [4.78, 5) is 11.8. The van der Waals surface area contributed by atoms with Gasteiger partial charge in [0, 0.05) is 11.6 Å². The van der Waals surface area contributed by atoms with Gasteiger partial charge in [0.2, 0.25) is 0 Å². The molecule has 7 heteroatoms. The summed E-state index contributed by atoms with van der Waals surface area (Å²) in [6, 6.07) is 10.2. The predicted molar refractivity (Wildman–Crippen MR) is 88.3 cm³/mol. The zero-order chi connectivity index (χ0) is 17.4. The molecule has 1 amide bonds. The number of aryl methyl sites for hydroxylation is 1. The zero-order valence-electron chi connectivity index (χ0n) is 12.8. The van der Waals surface area contributed by atoms with E-state index < -0.39 is 11.7 Å². The lowest BCUT2D eigenvalue weighted by Gasteiger charge is -2.08. The van der Waals surface area contributed by atoms with Crippen LogP contribution in [0.2, 0.25) is 0 Å². The molecule has 24 heavy (non-hydrogen) atoms. The molecule has 0 aliphatic rings. The van der Waals surface area contributed by atoms with E-state index >= 15 is 0 Å². The molecule has 0 atom stereocenters. The molecule has 1 heterocycles. The first-order valence-electron chi connectivity index (χ1n) is 7.12. The van der Waals surface area contributed by atoms with E-state index in [4.69, 9.17) is 11.5 Å². The Morgan fingerprint density at radius 2 is 1.88 bits per heavy atom. The van der Waals surface area contributed by atoms with Crippen LogP contribution in [-0.4, -0.2) is 20.8 Å². The van der Waals surface area contributed by atoms with Crippen LogP contribution >= 0.6 is 0 Å². The molecule has 0 unspecified atom stereocenters. The van der Waals surface area contributed by atoms with Crippen LogP contribution in [0.3, 0.4) is 0 Å². The van der Waals surface area contributed by atoms with Gasteiger partial charge in [-0.2, -0.15) is 5.10 Å². The lowest BCUT2D eigenvalue weighted by Crippen LogP contribution is -2.14. The highest BCUT2D eigenvalue weighted by molar-refractivity contribution is 6.03. The number of aromatic nitrogens is 2. The van der Waals surface area contributed by atoms with Gasteiger partial charge in [0.25, 0.3) is 5.91 Å². The smallest absolute Gasteiger partial charge is 0.254 e. The molecule has 3 aromatic rings. The highest BCUT2D eigenvalue weighted by Crippen LogP contribution is 2.31. The number of carbonyl (C=O) groups is 1. The summed E-state index contributed by atoms with van der Waals surface area (Å²) in [5.74, 6) is -1.06. The molecule has 0 bridgehead atoms. The number of halogens is 1. The van der Waals surface area contributed by atoms with Crippen LogP contribution in [0.25, 0.3) is 16.9 Å². The average Bonchev–Trinajstić information content (AvgIpc) is 2.88. The molecule has 0 radical (unpaired) electrons. The molecule has 5 N–H and O–H groups in total. The van der Waals surface area contributed by atoms with Gasteiger partial charge in [0.1, 0.15) is 28.6 Å². The number of phenols is 1. The number of nitrogens with zero attached hydrogens (tertiary/aromatic N) is 2. The molecule has 0 fully saturated rings. The van der Waals surface area contributed by atoms with Gasteiger partial charge in [0.05, 0.1) is 5.69 Å². The van der Waals surface area contributed by atoms with Gasteiger partial charge >= 0.3 is 0 Å². The first-order chi connectivity index (χ1) is 11.4. The second-order valence-electron chi connectivity index (χ2n) is 5.36. The van der Waals surface area contributed by atoms with E-state index in [9.17, 15) is 14.3 Å². The van der Waals surface area contributed by atoms with Crippen molar-refractivity contribution in [2.75, 3.05) is 5.73 Å². The maximum Gasteiger partial charge on any atom is 0.254 e. The number of hydrogen-bond donors (Lipinski definition) is 3. The Labute approximate surface area is 137 Å². The van der Waals surface area contributed by atoms with Crippen molar-refractivity contribution in [1.82, 2.24) is 9.78 Å². The van der Waals surface area contributed by atoms with Gasteiger partial charge < -0.3 is 16.6 Å². The molecule has 122 valence electrons. The average molecular weight is 326 g/mol. The molecule has 0 aliphatic heterocycles. The first-order valence-corrected chi connectivity index (χ1v) is 7.12. The number of amides is 1. The fourth-order valence-corrected chi connectivity index (χ4v) is 2.49. The Balaban J connectivity index is 2.26. The van der Waals surface area contributed by atoms with Crippen LogP contribution in [0.15, 0.2) is 42.5 Å². The Morgan fingerprint density at radius 3 is 2.50 bits per heavy atom. The minimum absolute atomic E-state index is 0.0365. The van der Waals surface area contributed by atoms with Gasteiger partial charge in [-0.1, -0.05) is 6.07 Å². The van der Waals surface area contributed by atoms with Crippen molar-refractivity contribution in [2.24, 2.45) is 5.73 Å². The van der Waals surface area contributed by atoms with Crippen molar-refractivity contribution in [3.8, 4) is 22.7 Å². The summed E-state index contributed by atoms with van der Waals surface area (Å²) >= 11 is 0. The minimum Gasteiger partial charge on any atom is -0.508 e. The number of carbonyl (C=O) groups excluding carboxylic acids is 1. The molecule has 2 aromatic carbocycles. The van der Waals surface area contributed by atoms with E-state index in [1.165, 1.54) is 41.1 Å². The van der Waals surface area contributed by atoms with Crippen LogP contribution in [0, 0.1) is 12.7 Å². The lowest BCUT2D eigenvalue weighted by atomic mass is 10.1. The normalized spacial score (nSPS) is 10.8. The van der Waals surface area contributed by atoms with E-state index in [0.29, 0.717) is 11.3 Å². The number of benzene rings is 2. The molecular weight excluding hydrogens is 311 g/mol. The quantitative estimate of drug-likeness (QED) is 0.686. The Kier molecular flexibility index (Phi) is 3.69. The number of nitrogen functional groups attached to an aromatic ring is 1. The molecule has 0 saturated carbocycles. The molecule has 1 aromatic heterocycles. The van der Waals surface area contributed by atoms with Crippen molar-refractivity contribution in [1.29, 1.82) is 0 Å². The third-order valence-electron chi connectivity index (χ3n) is 3.71. The fraction of sp³-hybridized carbons (Fsp3) is 0.0588. The number of phenolic OH excluding ortho intramolecular Hbond substituents is 1. The van der Waals surface area contributed by atoms with E-state index in [1.807, 2.05) is 6.92 Å². The highest BCUT2D eigenvalue weighted by Gasteiger charge is 2.23. The number of anilines is 1. The molecule has 3 rings (SSSR count). The van der Waals surface area contributed by atoms with Crippen LogP contribution in [0.4, 0.5) is 10.2 Å². The maximum absolute atomic E-state index is 13.1. The second kappa shape index (κ2) is 5.69. The summed E-state index contributed by atoms with van der Waals surface area (Å²) in [6.07, 6.45) is 0. The van der Waals surface area contributed by atoms with Crippen LogP contribution in [0.1, 0.15) is 15.9 Å². The summed E-state index contributed by atoms with van der Waals surface area (Å²) in [6.45, 7) is 1.82. The number of nitrogens with two attached hydrogens (primary N) is 2. The van der Waals surface area contributed by atoms with Crippen molar-refractivity contribution >= 4 is 11.7 Å². The van der Waals surface area contributed by atoms with Crippen LogP contribution in [-0.2, 0) is 0 Å². The first kappa shape index (κ1) is 15.5. The van der Waals surface area contributed by atoms with Crippen LogP contribution in [0.5, 0.6) is 5.75 Å². The van der Waals surface area contributed by atoms with Gasteiger partial charge in [0.15, 0.2) is 0 Å². The zero-order valence-corrected chi connectivity index (χ0v) is 12.8. The Morgan fingerprint density at radius 1 is 1.21 bits per heavy atom. The maximum atomic E-state index is 13.1. The van der Waals surface area contributed by atoms with Gasteiger partial charge in [-0.3, -0.25) is 4.79 Å². The van der Waals surface area contributed by atoms with Crippen molar-refractivity contribution in [2.45, 2.75) is 6.92 Å². The van der Waals surface area contributed by atoms with E-state index in [-0.39, 0.29) is 22.8 Å². The monoisotopic (exact) mass is 326 g/mol. The largest absolute Gasteiger partial charge is 0.508 e. The molecular formula is C17H15FN4O2. The number of rotatable bonds is 3. The predicted octanol–water partition coefficient (Wildman–Crippen LogP) is 2.37. The van der Waals surface area contributed by atoms with E-state index in [2.05, 4.69) is 5.10 Å². The van der Waals surface area contributed by atoms with Crippen molar-refractivity contribution in [3.05, 3.63) is 59.4 Å². The topological polar surface area (TPSA) is 107 Å². The van der Waals surface area contributed by atoms with Gasteiger partial charge in [-0.15, -0.1) is 0 Å². The van der Waals surface area contributed by atoms with Crippen molar-refractivity contribution in [3.63, 3.8) is 0 Å². The Bertz CT molecular complexity index is 933. The summed E-state index contributed by atoms with van der Waals surface area (Å²) in [5.41, 5.74) is 13.6. The molecule has 0 saturated heterocycles. The molecule has 0 aliphatic carbocycles. The van der Waals surface area contributed by atoms with Crippen LogP contribution < -0.4 is 11.5 Å². The highest BCUT2D eigenvalue weighted by atomic mass is 19.1. The standard InChI is InChI=1S/C17H15FN4O2/c1-9-2-7-12(23)8-13(9)22-16(19)14(17(20)24)15(21-22)10-3-5-11(18)6-4-10/h2-8,23H,19H2,1H3,(H2,20,24). The Hall–Kier alpha value is -3.35. The third-order valence-corrected chi connectivity index (χ3v) is 3.71. The summed E-state index contributed by atoms with van der Waals surface area (Å²) in [7, 11) is 0. The molecule has 0 spiro atoms. The number of aromatic hydroxyl groups is 1. The van der Waals surface area contributed by atoms with Crippen molar-refractivity contribution < 1.29 is 14.3 Å². The number of hydrogen-bond acceptors (Lipinski definition) is 4. The third kappa shape index (κ3) is 2.56. The van der Waals surface area contributed by atoms with Gasteiger partial charge in [-0.25, -0.2) is 9.07 Å².